The van der Waals surface area contributed by atoms with Crippen LogP contribution in [0.25, 0.3) is 0 Å². The first kappa shape index (κ1) is 16.4. The number of nitrogen functional groups attached to an aromatic ring is 1. The minimum absolute atomic E-state index is 0.282. The number of anilines is 2. The first-order chi connectivity index (χ1) is 10.2. The average molecular weight is 309 g/mol. The van der Waals surface area contributed by atoms with Gasteiger partial charge in [-0.25, -0.2) is 9.18 Å². The molecule has 1 amide bonds. The number of ether oxygens (including phenoxy) is 1. The summed E-state index contributed by atoms with van der Waals surface area (Å²) in [6.45, 7) is 7.48. The number of alkyl carbamates (subject to hydrolysis) is 1. The Morgan fingerprint density at radius 3 is 2.86 bits per heavy atom. The van der Waals surface area contributed by atoms with E-state index in [1.54, 1.807) is 12.1 Å². The Labute approximate surface area is 130 Å². The maximum Gasteiger partial charge on any atom is 0.407 e. The van der Waals surface area contributed by atoms with Gasteiger partial charge < -0.3 is 20.7 Å². The summed E-state index contributed by atoms with van der Waals surface area (Å²) in [5, 5.41) is 2.78. The molecule has 0 radical (unpaired) electrons. The lowest BCUT2D eigenvalue weighted by atomic mass is 10.1. The van der Waals surface area contributed by atoms with E-state index in [1.165, 1.54) is 6.07 Å². The van der Waals surface area contributed by atoms with Crippen molar-refractivity contribution in [3.8, 4) is 0 Å². The largest absolute Gasteiger partial charge is 0.444 e. The van der Waals surface area contributed by atoms with Crippen molar-refractivity contribution in [3.05, 3.63) is 24.0 Å². The number of halogens is 1. The zero-order valence-corrected chi connectivity index (χ0v) is 13.4. The molecule has 2 rings (SSSR count). The molecule has 122 valence electrons. The quantitative estimate of drug-likeness (QED) is 0.843. The molecule has 1 saturated heterocycles. The van der Waals surface area contributed by atoms with Gasteiger partial charge in [-0.05, 0) is 51.3 Å². The van der Waals surface area contributed by atoms with Gasteiger partial charge in [0.05, 0.1) is 5.69 Å². The molecule has 1 aliphatic rings. The fraction of sp³-hybridized carbons (Fsp3) is 0.562. The van der Waals surface area contributed by atoms with Gasteiger partial charge in [0, 0.05) is 25.3 Å². The number of hydrogen-bond donors (Lipinski definition) is 2. The average Bonchev–Trinajstić information content (AvgIpc) is 2.83. The minimum Gasteiger partial charge on any atom is -0.444 e. The minimum atomic E-state index is -0.501. The smallest absolute Gasteiger partial charge is 0.407 e. The highest BCUT2D eigenvalue weighted by Gasteiger charge is 2.25. The highest BCUT2D eigenvalue weighted by molar-refractivity contribution is 5.67. The topological polar surface area (TPSA) is 67.6 Å². The van der Waals surface area contributed by atoms with Crippen molar-refractivity contribution in [2.24, 2.45) is 5.92 Å². The van der Waals surface area contributed by atoms with Crippen LogP contribution in [0, 0.1) is 11.7 Å². The lowest BCUT2D eigenvalue weighted by molar-refractivity contribution is 0.0520. The molecule has 3 N–H and O–H groups in total. The Morgan fingerprint density at radius 1 is 1.50 bits per heavy atom. The standard InChI is InChI=1S/C16H24FN3O2/c1-16(2,3)22-15(21)19-9-11-6-7-20(10-11)14-5-4-12(18)8-13(14)17/h4-5,8,11H,6-7,9-10,18H2,1-3H3,(H,19,21)/t11-/m0/s1. The van der Waals surface area contributed by atoms with Crippen molar-refractivity contribution in [1.82, 2.24) is 5.32 Å². The predicted octanol–water partition coefficient (Wildman–Crippen LogP) is 2.76. The van der Waals surface area contributed by atoms with Gasteiger partial charge in [-0.1, -0.05) is 0 Å². The fourth-order valence-electron chi connectivity index (χ4n) is 2.54. The number of nitrogens with one attached hydrogen (secondary N) is 1. The number of nitrogens with two attached hydrogens (primary N) is 1. The molecule has 5 nitrogen and oxygen atoms in total. The molecule has 1 aromatic carbocycles. The van der Waals surface area contributed by atoms with Crippen LogP contribution < -0.4 is 16.0 Å². The third kappa shape index (κ3) is 4.51. The Bertz CT molecular complexity index is 543. The van der Waals surface area contributed by atoms with Crippen molar-refractivity contribution in [2.75, 3.05) is 30.3 Å². The highest BCUT2D eigenvalue weighted by atomic mass is 19.1. The van der Waals surface area contributed by atoms with Crippen molar-refractivity contribution < 1.29 is 13.9 Å². The summed E-state index contributed by atoms with van der Waals surface area (Å²) in [4.78, 5) is 13.6. The van der Waals surface area contributed by atoms with E-state index in [9.17, 15) is 9.18 Å². The molecule has 1 fully saturated rings. The van der Waals surface area contributed by atoms with Gasteiger partial charge in [0.15, 0.2) is 0 Å². The highest BCUT2D eigenvalue weighted by Crippen LogP contribution is 2.27. The second kappa shape index (κ2) is 6.42. The molecule has 6 heteroatoms. The fourth-order valence-corrected chi connectivity index (χ4v) is 2.54. The lowest BCUT2D eigenvalue weighted by Crippen LogP contribution is -2.36. The predicted molar refractivity (Wildman–Crippen MR) is 85.4 cm³/mol. The molecular weight excluding hydrogens is 285 g/mol. The maximum absolute atomic E-state index is 13.9. The third-order valence-electron chi connectivity index (χ3n) is 3.53. The number of hydrogen-bond acceptors (Lipinski definition) is 4. The van der Waals surface area contributed by atoms with Gasteiger partial charge >= 0.3 is 6.09 Å². The number of benzene rings is 1. The first-order valence-electron chi connectivity index (χ1n) is 7.51. The van der Waals surface area contributed by atoms with E-state index in [1.807, 2.05) is 25.7 Å². The summed E-state index contributed by atoms with van der Waals surface area (Å²) in [7, 11) is 0. The summed E-state index contributed by atoms with van der Waals surface area (Å²) in [6.07, 6.45) is 0.490. The van der Waals surface area contributed by atoms with Crippen molar-refractivity contribution in [1.29, 1.82) is 0 Å². The second-order valence-electron chi connectivity index (χ2n) is 6.69. The van der Waals surface area contributed by atoms with Crippen LogP contribution in [0.2, 0.25) is 0 Å². The van der Waals surface area contributed by atoms with E-state index >= 15 is 0 Å². The second-order valence-corrected chi connectivity index (χ2v) is 6.69. The zero-order valence-electron chi connectivity index (χ0n) is 13.4. The summed E-state index contributed by atoms with van der Waals surface area (Å²) >= 11 is 0. The molecule has 1 heterocycles. The van der Waals surface area contributed by atoms with Crippen LogP contribution in [0.1, 0.15) is 27.2 Å². The van der Waals surface area contributed by atoms with Gasteiger partial charge in [0.25, 0.3) is 0 Å². The van der Waals surface area contributed by atoms with Crippen LogP contribution in [-0.2, 0) is 4.74 Å². The van der Waals surface area contributed by atoms with Crippen LogP contribution in [-0.4, -0.2) is 31.3 Å². The third-order valence-corrected chi connectivity index (χ3v) is 3.53. The number of rotatable bonds is 3. The molecule has 0 unspecified atom stereocenters. The van der Waals surface area contributed by atoms with Gasteiger partial charge in [0.2, 0.25) is 0 Å². The van der Waals surface area contributed by atoms with Gasteiger partial charge in [-0.3, -0.25) is 0 Å². The molecule has 0 spiro atoms. The molecule has 0 saturated carbocycles. The van der Waals surface area contributed by atoms with Gasteiger partial charge in [-0.15, -0.1) is 0 Å². The maximum atomic E-state index is 13.9. The Morgan fingerprint density at radius 2 is 2.23 bits per heavy atom. The summed E-state index contributed by atoms with van der Waals surface area (Å²) in [6, 6.07) is 4.74. The number of carbonyl (C=O) groups excluding carboxylic acids is 1. The Hall–Kier alpha value is -1.98. The zero-order chi connectivity index (χ0) is 16.3. The van der Waals surface area contributed by atoms with E-state index in [4.69, 9.17) is 10.5 Å². The Kier molecular flexibility index (Phi) is 4.78. The molecule has 22 heavy (non-hydrogen) atoms. The molecule has 1 aromatic rings. The van der Waals surface area contributed by atoms with E-state index in [0.29, 0.717) is 24.5 Å². The monoisotopic (exact) mass is 309 g/mol. The van der Waals surface area contributed by atoms with Crippen LogP contribution in [0.3, 0.4) is 0 Å². The van der Waals surface area contributed by atoms with E-state index in [0.717, 1.165) is 13.0 Å². The van der Waals surface area contributed by atoms with E-state index < -0.39 is 11.7 Å². The van der Waals surface area contributed by atoms with Crippen molar-refractivity contribution in [2.45, 2.75) is 32.8 Å². The first-order valence-corrected chi connectivity index (χ1v) is 7.51. The van der Waals surface area contributed by atoms with Crippen molar-refractivity contribution >= 4 is 17.5 Å². The van der Waals surface area contributed by atoms with Gasteiger partial charge in [-0.2, -0.15) is 0 Å². The number of nitrogens with zero attached hydrogens (tertiary/aromatic N) is 1. The van der Waals surface area contributed by atoms with Crippen LogP contribution in [0.15, 0.2) is 18.2 Å². The van der Waals surface area contributed by atoms with Crippen LogP contribution in [0.4, 0.5) is 20.6 Å². The van der Waals surface area contributed by atoms with Gasteiger partial charge in [0.1, 0.15) is 11.4 Å². The normalized spacial score (nSPS) is 18.4. The van der Waals surface area contributed by atoms with E-state index in [2.05, 4.69) is 5.32 Å². The molecule has 0 aromatic heterocycles. The number of amides is 1. The molecule has 0 aliphatic carbocycles. The molecular formula is C16H24FN3O2. The van der Waals surface area contributed by atoms with Crippen LogP contribution >= 0.6 is 0 Å². The molecule has 1 aliphatic heterocycles. The Balaban J connectivity index is 1.84. The molecule has 1 atom stereocenters. The summed E-state index contributed by atoms with van der Waals surface area (Å²) in [5.41, 5.74) is 6.05. The summed E-state index contributed by atoms with van der Waals surface area (Å²) in [5.74, 6) is -0.0229. The molecule has 0 bridgehead atoms. The van der Waals surface area contributed by atoms with Crippen LogP contribution in [0.5, 0.6) is 0 Å². The number of carbonyl (C=O) groups is 1. The summed E-state index contributed by atoms with van der Waals surface area (Å²) < 4.78 is 19.1. The SMILES string of the molecule is CC(C)(C)OC(=O)NC[C@@H]1CCN(c2ccc(N)cc2F)C1. The van der Waals surface area contributed by atoms with Crippen molar-refractivity contribution in [3.63, 3.8) is 0 Å². The van der Waals surface area contributed by atoms with E-state index in [-0.39, 0.29) is 11.7 Å². The lowest BCUT2D eigenvalue weighted by Gasteiger charge is -2.21.